The second-order valence-corrected chi connectivity index (χ2v) is 7.68. The van der Waals surface area contributed by atoms with Crippen LogP contribution in [0.5, 0.6) is 0 Å². The highest BCUT2D eigenvalue weighted by Crippen LogP contribution is 2.19. The van der Waals surface area contributed by atoms with Gasteiger partial charge in [0.1, 0.15) is 11.9 Å². The second-order valence-electron chi connectivity index (χ2n) is 7.68. The van der Waals surface area contributed by atoms with Crippen molar-refractivity contribution in [3.05, 3.63) is 12.3 Å². The third-order valence-corrected chi connectivity index (χ3v) is 5.55. The van der Waals surface area contributed by atoms with Crippen molar-refractivity contribution in [2.75, 3.05) is 49.5 Å². The largest absolute Gasteiger partial charge is 0.394 e. The third kappa shape index (κ3) is 6.00. The number of hydrogen-bond acceptors (Lipinski definition) is 8. The third-order valence-electron chi connectivity index (χ3n) is 5.55. The van der Waals surface area contributed by atoms with Crippen LogP contribution in [0.2, 0.25) is 0 Å². The zero-order valence-electron chi connectivity index (χ0n) is 16.0. The molecule has 2 saturated heterocycles. The summed E-state index contributed by atoms with van der Waals surface area (Å²) >= 11 is 0. The van der Waals surface area contributed by atoms with Crippen LogP contribution in [0.1, 0.15) is 38.5 Å². The zero-order chi connectivity index (χ0) is 19.1. The van der Waals surface area contributed by atoms with Crippen LogP contribution in [0.15, 0.2) is 12.3 Å². The first-order chi connectivity index (χ1) is 13.2. The van der Waals surface area contributed by atoms with Crippen molar-refractivity contribution in [2.24, 2.45) is 0 Å². The fourth-order valence-corrected chi connectivity index (χ4v) is 3.86. The number of rotatable bonds is 8. The summed E-state index contributed by atoms with van der Waals surface area (Å²) in [6.07, 6.45) is 6.39. The number of likely N-dealkylation sites (tertiary alicyclic amines) is 1. The van der Waals surface area contributed by atoms with Crippen LogP contribution in [-0.2, 0) is 0 Å². The van der Waals surface area contributed by atoms with Gasteiger partial charge in [-0.1, -0.05) is 12.8 Å². The minimum Gasteiger partial charge on any atom is -0.394 e. The van der Waals surface area contributed by atoms with Gasteiger partial charge in [-0.25, -0.2) is 4.98 Å². The predicted molar refractivity (Wildman–Crippen MR) is 105 cm³/mol. The van der Waals surface area contributed by atoms with Crippen molar-refractivity contribution >= 4 is 11.8 Å². The van der Waals surface area contributed by atoms with Crippen LogP contribution in [0.3, 0.4) is 0 Å². The van der Waals surface area contributed by atoms with E-state index >= 15 is 0 Å². The molecule has 0 amide bonds. The first-order valence-electron chi connectivity index (χ1n) is 10.2. The number of aromatic nitrogens is 2. The summed E-state index contributed by atoms with van der Waals surface area (Å²) in [6.45, 7) is 4.22. The number of aliphatic hydroxyl groups excluding tert-OH is 3. The van der Waals surface area contributed by atoms with E-state index in [0.29, 0.717) is 18.9 Å². The maximum absolute atomic E-state index is 9.78. The van der Waals surface area contributed by atoms with Crippen LogP contribution in [0.25, 0.3) is 0 Å². The topological polar surface area (TPSA) is 105 Å². The van der Waals surface area contributed by atoms with Crippen LogP contribution in [-0.4, -0.2) is 87.8 Å². The van der Waals surface area contributed by atoms with Gasteiger partial charge >= 0.3 is 0 Å². The summed E-state index contributed by atoms with van der Waals surface area (Å²) in [6, 6.07) is 2.27. The number of hydrogen-bond donors (Lipinski definition) is 4. The van der Waals surface area contributed by atoms with Crippen molar-refractivity contribution in [1.29, 1.82) is 0 Å². The average molecular weight is 380 g/mol. The molecule has 1 aromatic heterocycles. The Bertz CT molecular complexity index is 568. The quantitative estimate of drug-likeness (QED) is 0.516. The summed E-state index contributed by atoms with van der Waals surface area (Å²) in [4.78, 5) is 13.7. The Hall–Kier alpha value is -1.48. The Morgan fingerprint density at radius 3 is 2.63 bits per heavy atom. The summed E-state index contributed by atoms with van der Waals surface area (Å²) < 4.78 is 0. The summed E-state index contributed by atoms with van der Waals surface area (Å²) in [5, 5.41) is 31.6. The monoisotopic (exact) mass is 379 g/mol. The fourth-order valence-electron chi connectivity index (χ4n) is 3.86. The lowest BCUT2D eigenvalue weighted by Crippen LogP contribution is -2.34. The Labute approximate surface area is 161 Å². The highest BCUT2D eigenvalue weighted by Gasteiger charge is 2.25. The highest BCUT2D eigenvalue weighted by molar-refractivity contribution is 5.43. The molecule has 0 bridgehead atoms. The van der Waals surface area contributed by atoms with Crippen LogP contribution in [0, 0.1) is 0 Å². The lowest BCUT2D eigenvalue weighted by atomic mass is 10.1. The molecule has 3 atom stereocenters. The van der Waals surface area contributed by atoms with E-state index in [9.17, 15) is 10.2 Å². The molecule has 8 heteroatoms. The van der Waals surface area contributed by atoms with E-state index in [0.717, 1.165) is 38.4 Å². The molecule has 0 saturated carbocycles. The maximum Gasteiger partial charge on any atom is 0.224 e. The first-order valence-corrected chi connectivity index (χ1v) is 10.2. The van der Waals surface area contributed by atoms with E-state index in [4.69, 9.17) is 10.1 Å². The van der Waals surface area contributed by atoms with Gasteiger partial charge in [0, 0.05) is 45.0 Å². The Balaban J connectivity index is 1.47. The van der Waals surface area contributed by atoms with Crippen molar-refractivity contribution < 1.29 is 15.3 Å². The summed E-state index contributed by atoms with van der Waals surface area (Å²) in [5.41, 5.74) is 0. The lowest BCUT2D eigenvalue weighted by Gasteiger charge is -2.22. The predicted octanol–water partition coefficient (Wildman–Crippen LogP) is 0.447. The van der Waals surface area contributed by atoms with Gasteiger partial charge in [0.05, 0.1) is 12.7 Å². The van der Waals surface area contributed by atoms with E-state index in [1.807, 2.05) is 12.3 Å². The first kappa shape index (κ1) is 20.3. The van der Waals surface area contributed by atoms with Gasteiger partial charge in [0.15, 0.2) is 0 Å². The van der Waals surface area contributed by atoms with E-state index in [1.165, 1.54) is 25.7 Å². The molecule has 0 aliphatic carbocycles. The lowest BCUT2D eigenvalue weighted by molar-refractivity contribution is -0.0206. The van der Waals surface area contributed by atoms with Gasteiger partial charge in [0.2, 0.25) is 5.95 Å². The second kappa shape index (κ2) is 10.2. The minimum absolute atomic E-state index is 0.282. The molecular formula is C19H33N5O3. The van der Waals surface area contributed by atoms with Crippen molar-refractivity contribution in [3.8, 4) is 0 Å². The SMILES string of the molecule is OC[C@@H](O)[C@@H](O)CCN1CCC(Nc2nccc(N3CCCCCC3)n2)C1. The van der Waals surface area contributed by atoms with E-state index in [2.05, 4.69) is 20.1 Å². The number of nitrogens with one attached hydrogen (secondary N) is 1. The van der Waals surface area contributed by atoms with E-state index in [1.54, 1.807) is 0 Å². The molecule has 8 nitrogen and oxygen atoms in total. The highest BCUT2D eigenvalue weighted by atomic mass is 16.4. The molecule has 27 heavy (non-hydrogen) atoms. The van der Waals surface area contributed by atoms with Crippen molar-refractivity contribution in [3.63, 3.8) is 0 Å². The van der Waals surface area contributed by atoms with Crippen molar-refractivity contribution in [1.82, 2.24) is 14.9 Å². The van der Waals surface area contributed by atoms with Crippen LogP contribution >= 0.6 is 0 Å². The molecule has 152 valence electrons. The zero-order valence-corrected chi connectivity index (χ0v) is 16.0. The molecule has 4 N–H and O–H groups in total. The average Bonchev–Trinajstić information content (AvgIpc) is 2.96. The van der Waals surface area contributed by atoms with Gasteiger partial charge in [0.25, 0.3) is 0 Å². The van der Waals surface area contributed by atoms with Gasteiger partial charge < -0.3 is 30.4 Å². The van der Waals surface area contributed by atoms with Crippen LogP contribution in [0.4, 0.5) is 11.8 Å². The Morgan fingerprint density at radius 2 is 1.89 bits per heavy atom. The molecule has 1 unspecified atom stereocenters. The molecule has 2 aliphatic heterocycles. The maximum atomic E-state index is 9.78. The Morgan fingerprint density at radius 1 is 1.11 bits per heavy atom. The smallest absolute Gasteiger partial charge is 0.224 e. The summed E-state index contributed by atoms with van der Waals surface area (Å²) in [7, 11) is 0. The fraction of sp³-hybridized carbons (Fsp3) is 0.789. The molecule has 2 aliphatic rings. The minimum atomic E-state index is -1.06. The van der Waals surface area contributed by atoms with Gasteiger partial charge in [-0.15, -0.1) is 0 Å². The molecule has 2 fully saturated rings. The standard InChI is InChI=1S/C19H33N5O3/c25-14-17(27)16(26)7-12-23-11-6-15(13-23)21-19-20-8-5-18(22-19)24-9-3-1-2-4-10-24/h5,8,15-17,25-27H,1-4,6-7,9-14H2,(H,20,21,22)/t15?,16-,17+/m0/s1. The molecule has 1 aromatic rings. The molecule has 0 spiro atoms. The molecule has 3 heterocycles. The van der Waals surface area contributed by atoms with Gasteiger partial charge in [-0.2, -0.15) is 4.98 Å². The normalized spacial score (nSPS) is 23.8. The molecular weight excluding hydrogens is 346 g/mol. The van der Waals surface area contributed by atoms with E-state index in [-0.39, 0.29) is 6.04 Å². The molecule has 0 radical (unpaired) electrons. The number of anilines is 2. The van der Waals surface area contributed by atoms with Gasteiger partial charge in [-0.3, -0.25) is 0 Å². The number of nitrogens with zero attached hydrogens (tertiary/aromatic N) is 4. The van der Waals surface area contributed by atoms with E-state index < -0.39 is 18.8 Å². The Kier molecular flexibility index (Phi) is 7.63. The molecule has 0 aromatic carbocycles. The van der Waals surface area contributed by atoms with Gasteiger partial charge in [-0.05, 0) is 31.7 Å². The van der Waals surface area contributed by atoms with Crippen molar-refractivity contribution in [2.45, 2.75) is 56.8 Å². The summed E-state index contributed by atoms with van der Waals surface area (Å²) in [5.74, 6) is 1.68. The van der Waals surface area contributed by atoms with Crippen LogP contribution < -0.4 is 10.2 Å². The molecule has 3 rings (SSSR count). The number of aliphatic hydroxyl groups is 3.